The van der Waals surface area contributed by atoms with Crippen molar-refractivity contribution in [3.63, 3.8) is 0 Å². The summed E-state index contributed by atoms with van der Waals surface area (Å²) in [5.41, 5.74) is 7.12. The summed E-state index contributed by atoms with van der Waals surface area (Å²) in [5, 5.41) is 8.89. The van der Waals surface area contributed by atoms with E-state index in [0.717, 1.165) is 24.2 Å². The molecule has 80 valence electrons. The maximum atomic E-state index is 11.0. The van der Waals surface area contributed by atoms with Gasteiger partial charge in [0.15, 0.2) is 0 Å². The molecular formula is C11H14N2O2. The molecule has 1 amide bonds. The standard InChI is InChI=1S/C11H14N2O2/c12-11(15)10-5-6-13(10)9-3-1-8(7-14)2-4-9/h1-4,10,14H,5-7H2,(H2,12,15). The van der Waals surface area contributed by atoms with E-state index in [2.05, 4.69) is 0 Å². The van der Waals surface area contributed by atoms with E-state index in [1.54, 1.807) is 0 Å². The molecule has 0 radical (unpaired) electrons. The Morgan fingerprint density at radius 3 is 2.53 bits per heavy atom. The van der Waals surface area contributed by atoms with E-state index in [1.165, 1.54) is 0 Å². The minimum absolute atomic E-state index is 0.0412. The molecule has 1 aromatic rings. The highest BCUT2D eigenvalue weighted by Gasteiger charge is 2.32. The Labute approximate surface area is 88.3 Å². The lowest BCUT2D eigenvalue weighted by molar-refractivity contribution is -0.120. The zero-order valence-corrected chi connectivity index (χ0v) is 8.39. The summed E-state index contributed by atoms with van der Waals surface area (Å²) < 4.78 is 0. The highest BCUT2D eigenvalue weighted by molar-refractivity contribution is 5.85. The molecule has 1 saturated heterocycles. The Morgan fingerprint density at radius 2 is 2.13 bits per heavy atom. The molecule has 1 atom stereocenters. The molecule has 4 nitrogen and oxygen atoms in total. The van der Waals surface area contributed by atoms with Gasteiger partial charge < -0.3 is 15.7 Å². The zero-order chi connectivity index (χ0) is 10.8. The van der Waals surface area contributed by atoms with Gasteiger partial charge in [0, 0.05) is 12.2 Å². The van der Waals surface area contributed by atoms with Gasteiger partial charge in [-0.15, -0.1) is 0 Å². The summed E-state index contributed by atoms with van der Waals surface area (Å²) in [6.07, 6.45) is 0.830. The lowest BCUT2D eigenvalue weighted by atomic mass is 10.0. The number of aliphatic hydroxyl groups excluding tert-OH is 1. The van der Waals surface area contributed by atoms with Crippen LogP contribution in [0, 0.1) is 0 Å². The van der Waals surface area contributed by atoms with E-state index in [4.69, 9.17) is 10.8 Å². The lowest BCUT2D eigenvalue weighted by Crippen LogP contribution is -2.55. The Hall–Kier alpha value is -1.55. The molecule has 1 aliphatic rings. The fourth-order valence-corrected chi connectivity index (χ4v) is 1.79. The second kappa shape index (κ2) is 3.90. The van der Waals surface area contributed by atoms with Gasteiger partial charge in [0.1, 0.15) is 6.04 Å². The van der Waals surface area contributed by atoms with Gasteiger partial charge in [-0.2, -0.15) is 0 Å². The first-order valence-corrected chi connectivity index (χ1v) is 4.98. The van der Waals surface area contributed by atoms with Crippen molar-refractivity contribution < 1.29 is 9.90 Å². The van der Waals surface area contributed by atoms with Gasteiger partial charge in [-0.05, 0) is 24.1 Å². The lowest BCUT2D eigenvalue weighted by Gasteiger charge is -2.40. The molecule has 0 spiro atoms. The fourth-order valence-electron chi connectivity index (χ4n) is 1.79. The van der Waals surface area contributed by atoms with Crippen LogP contribution in [-0.2, 0) is 11.4 Å². The highest BCUT2D eigenvalue weighted by Crippen LogP contribution is 2.26. The molecular weight excluding hydrogens is 192 g/mol. The number of aliphatic hydroxyl groups is 1. The third-order valence-corrected chi connectivity index (χ3v) is 2.80. The van der Waals surface area contributed by atoms with E-state index >= 15 is 0 Å². The van der Waals surface area contributed by atoms with Gasteiger partial charge in [0.05, 0.1) is 6.61 Å². The molecule has 0 aromatic heterocycles. The average molecular weight is 206 g/mol. The molecule has 2 rings (SSSR count). The summed E-state index contributed by atoms with van der Waals surface area (Å²) in [7, 11) is 0. The van der Waals surface area contributed by atoms with E-state index in [-0.39, 0.29) is 18.6 Å². The van der Waals surface area contributed by atoms with Crippen LogP contribution >= 0.6 is 0 Å². The van der Waals surface area contributed by atoms with Crippen molar-refractivity contribution in [3.8, 4) is 0 Å². The van der Waals surface area contributed by atoms with Crippen LogP contribution in [0.4, 0.5) is 5.69 Å². The van der Waals surface area contributed by atoms with Crippen LogP contribution in [0.15, 0.2) is 24.3 Å². The number of rotatable bonds is 3. The van der Waals surface area contributed by atoms with E-state index in [9.17, 15) is 4.79 Å². The van der Waals surface area contributed by atoms with Gasteiger partial charge in [-0.3, -0.25) is 4.79 Å². The van der Waals surface area contributed by atoms with E-state index < -0.39 is 0 Å². The smallest absolute Gasteiger partial charge is 0.240 e. The first kappa shape index (κ1) is 9.98. The molecule has 1 unspecified atom stereocenters. The van der Waals surface area contributed by atoms with Crippen LogP contribution in [0.2, 0.25) is 0 Å². The number of benzene rings is 1. The molecule has 1 aromatic carbocycles. The number of nitrogens with zero attached hydrogens (tertiary/aromatic N) is 1. The maximum absolute atomic E-state index is 11.0. The molecule has 4 heteroatoms. The molecule has 1 aliphatic heterocycles. The van der Waals surface area contributed by atoms with Crippen LogP contribution in [-0.4, -0.2) is 23.6 Å². The number of hydrogen-bond acceptors (Lipinski definition) is 3. The maximum Gasteiger partial charge on any atom is 0.240 e. The molecule has 0 aliphatic carbocycles. The highest BCUT2D eigenvalue weighted by atomic mass is 16.3. The third kappa shape index (κ3) is 1.80. The third-order valence-electron chi connectivity index (χ3n) is 2.80. The Kier molecular flexibility index (Phi) is 2.60. The van der Waals surface area contributed by atoms with Crippen molar-refractivity contribution in [1.29, 1.82) is 0 Å². The molecule has 0 saturated carbocycles. The Bertz CT molecular complexity index is 361. The number of carbonyl (C=O) groups is 1. The number of nitrogens with two attached hydrogens (primary N) is 1. The van der Waals surface area contributed by atoms with E-state index in [0.29, 0.717) is 0 Å². The number of hydrogen-bond donors (Lipinski definition) is 2. The van der Waals surface area contributed by atoms with Gasteiger partial charge in [-0.25, -0.2) is 0 Å². The normalized spacial score (nSPS) is 19.8. The number of primary amides is 1. The van der Waals surface area contributed by atoms with Crippen LogP contribution < -0.4 is 10.6 Å². The number of amides is 1. The van der Waals surface area contributed by atoms with Crippen molar-refractivity contribution in [2.24, 2.45) is 5.73 Å². The summed E-state index contributed by atoms with van der Waals surface area (Å²) in [6, 6.07) is 7.35. The first-order chi connectivity index (χ1) is 7.22. The number of anilines is 1. The predicted octanol–water partition coefficient (Wildman–Crippen LogP) is 0.243. The van der Waals surface area contributed by atoms with Crippen molar-refractivity contribution in [3.05, 3.63) is 29.8 Å². The summed E-state index contributed by atoms with van der Waals surface area (Å²) in [5.74, 6) is -0.271. The summed E-state index contributed by atoms with van der Waals surface area (Å²) in [6.45, 7) is 0.908. The molecule has 3 N–H and O–H groups in total. The van der Waals surface area contributed by atoms with Crippen LogP contribution in [0.3, 0.4) is 0 Å². The Morgan fingerprint density at radius 1 is 1.47 bits per heavy atom. The quantitative estimate of drug-likeness (QED) is 0.744. The van der Waals surface area contributed by atoms with Crippen LogP contribution in [0.25, 0.3) is 0 Å². The van der Waals surface area contributed by atoms with Crippen LogP contribution in [0.5, 0.6) is 0 Å². The molecule has 0 bridgehead atoms. The summed E-state index contributed by atoms with van der Waals surface area (Å²) in [4.78, 5) is 13.0. The minimum Gasteiger partial charge on any atom is -0.392 e. The average Bonchev–Trinajstić information content (AvgIpc) is 2.16. The van der Waals surface area contributed by atoms with Crippen molar-refractivity contribution in [2.75, 3.05) is 11.4 Å². The monoisotopic (exact) mass is 206 g/mol. The SMILES string of the molecule is NC(=O)C1CCN1c1ccc(CO)cc1. The summed E-state index contributed by atoms with van der Waals surface area (Å²) >= 11 is 0. The zero-order valence-electron chi connectivity index (χ0n) is 8.39. The van der Waals surface area contributed by atoms with Crippen molar-refractivity contribution in [1.82, 2.24) is 0 Å². The van der Waals surface area contributed by atoms with Crippen molar-refractivity contribution in [2.45, 2.75) is 19.1 Å². The number of carbonyl (C=O) groups excluding carboxylic acids is 1. The predicted molar refractivity (Wildman–Crippen MR) is 57.3 cm³/mol. The molecule has 15 heavy (non-hydrogen) atoms. The fraction of sp³-hybridized carbons (Fsp3) is 0.364. The van der Waals surface area contributed by atoms with Gasteiger partial charge in [-0.1, -0.05) is 12.1 Å². The van der Waals surface area contributed by atoms with Gasteiger partial charge in [0.2, 0.25) is 5.91 Å². The minimum atomic E-state index is -0.271. The van der Waals surface area contributed by atoms with Gasteiger partial charge >= 0.3 is 0 Å². The Balaban J connectivity index is 2.13. The second-order valence-corrected chi connectivity index (χ2v) is 3.72. The van der Waals surface area contributed by atoms with Crippen molar-refractivity contribution >= 4 is 11.6 Å². The molecule has 1 fully saturated rings. The topological polar surface area (TPSA) is 66.6 Å². The largest absolute Gasteiger partial charge is 0.392 e. The van der Waals surface area contributed by atoms with Gasteiger partial charge in [0.25, 0.3) is 0 Å². The second-order valence-electron chi connectivity index (χ2n) is 3.72. The van der Waals surface area contributed by atoms with Crippen LogP contribution in [0.1, 0.15) is 12.0 Å². The van der Waals surface area contributed by atoms with E-state index in [1.807, 2.05) is 29.2 Å². The molecule has 1 heterocycles. The first-order valence-electron chi connectivity index (χ1n) is 4.98.